The summed E-state index contributed by atoms with van der Waals surface area (Å²) in [7, 11) is 0. The van der Waals surface area contributed by atoms with E-state index in [-0.39, 0.29) is 12.5 Å². The molecule has 0 aromatic heterocycles. The zero-order valence-corrected chi connectivity index (χ0v) is 14.3. The second-order valence-corrected chi connectivity index (χ2v) is 5.69. The van der Waals surface area contributed by atoms with Crippen LogP contribution in [0.4, 0.5) is 0 Å². The molecule has 0 radical (unpaired) electrons. The Morgan fingerprint density at radius 2 is 2.04 bits per heavy atom. The standard InChI is InChI=1S/C18H16Cl2N2O2/c1-2-5-13-6-3-4-7-17(13)24-12-18(23)22-21-11-14-8-9-15(19)10-16(14)20/h2-4,6-11H,1,5,12H2,(H,22,23)/b21-11+. The SMILES string of the molecule is C=CCc1ccccc1OCC(=O)N/N=C/c1ccc(Cl)cc1Cl. The van der Waals surface area contributed by atoms with E-state index in [1.165, 1.54) is 6.21 Å². The normalized spacial score (nSPS) is 10.6. The molecule has 0 heterocycles. The lowest BCUT2D eigenvalue weighted by Gasteiger charge is -2.09. The molecule has 124 valence electrons. The zero-order chi connectivity index (χ0) is 17.4. The van der Waals surface area contributed by atoms with Crippen LogP contribution in [-0.2, 0) is 11.2 Å². The maximum atomic E-state index is 11.8. The van der Waals surface area contributed by atoms with E-state index in [4.69, 9.17) is 27.9 Å². The minimum atomic E-state index is -0.371. The predicted octanol–water partition coefficient (Wildman–Crippen LogP) is 4.25. The summed E-state index contributed by atoms with van der Waals surface area (Å²) in [5.41, 5.74) is 4.01. The number of rotatable bonds is 7. The Morgan fingerprint density at radius 3 is 2.79 bits per heavy atom. The van der Waals surface area contributed by atoms with Crippen molar-refractivity contribution in [1.29, 1.82) is 0 Å². The summed E-state index contributed by atoms with van der Waals surface area (Å²) >= 11 is 11.8. The molecule has 1 amide bonds. The van der Waals surface area contributed by atoms with Crippen LogP contribution in [0.3, 0.4) is 0 Å². The number of nitrogens with zero attached hydrogens (tertiary/aromatic N) is 1. The quantitative estimate of drug-likeness (QED) is 0.454. The molecule has 2 rings (SSSR count). The molecule has 24 heavy (non-hydrogen) atoms. The first-order valence-corrected chi connectivity index (χ1v) is 7.94. The van der Waals surface area contributed by atoms with Crippen LogP contribution in [0, 0.1) is 0 Å². The van der Waals surface area contributed by atoms with Gasteiger partial charge >= 0.3 is 0 Å². The average Bonchev–Trinajstić information content (AvgIpc) is 2.56. The van der Waals surface area contributed by atoms with E-state index in [9.17, 15) is 4.79 Å². The molecule has 0 atom stereocenters. The second-order valence-electron chi connectivity index (χ2n) is 4.85. The zero-order valence-electron chi connectivity index (χ0n) is 12.8. The first kappa shape index (κ1) is 18.0. The highest BCUT2D eigenvalue weighted by atomic mass is 35.5. The topological polar surface area (TPSA) is 50.7 Å². The number of hydrogen-bond acceptors (Lipinski definition) is 3. The van der Waals surface area contributed by atoms with Gasteiger partial charge in [-0.3, -0.25) is 4.79 Å². The Morgan fingerprint density at radius 1 is 1.25 bits per heavy atom. The molecule has 0 aliphatic heterocycles. The fourth-order valence-corrected chi connectivity index (χ4v) is 2.38. The Labute approximate surface area is 150 Å². The molecule has 0 fully saturated rings. The third-order valence-corrected chi connectivity index (χ3v) is 3.61. The minimum absolute atomic E-state index is 0.139. The molecule has 1 N–H and O–H groups in total. The number of carbonyl (C=O) groups excluding carboxylic acids is 1. The third kappa shape index (κ3) is 5.41. The molecular formula is C18H16Cl2N2O2. The van der Waals surface area contributed by atoms with Crippen LogP contribution in [0.25, 0.3) is 0 Å². The van der Waals surface area contributed by atoms with E-state index in [0.29, 0.717) is 27.8 Å². The molecule has 4 nitrogen and oxygen atoms in total. The van der Waals surface area contributed by atoms with Crippen LogP contribution in [-0.4, -0.2) is 18.7 Å². The van der Waals surface area contributed by atoms with E-state index >= 15 is 0 Å². The van der Waals surface area contributed by atoms with Crippen molar-refractivity contribution in [2.75, 3.05) is 6.61 Å². The molecule has 0 saturated carbocycles. The van der Waals surface area contributed by atoms with Gasteiger partial charge in [0.2, 0.25) is 0 Å². The van der Waals surface area contributed by atoms with E-state index in [1.807, 2.05) is 24.3 Å². The van der Waals surface area contributed by atoms with Crippen LogP contribution < -0.4 is 10.2 Å². The Hall–Kier alpha value is -2.30. The lowest BCUT2D eigenvalue weighted by molar-refractivity contribution is -0.123. The molecule has 6 heteroatoms. The first-order chi connectivity index (χ1) is 11.6. The van der Waals surface area contributed by atoms with Crippen LogP contribution >= 0.6 is 23.2 Å². The van der Waals surface area contributed by atoms with Crippen molar-refractivity contribution in [1.82, 2.24) is 5.43 Å². The molecule has 2 aromatic carbocycles. The minimum Gasteiger partial charge on any atom is -0.483 e. The molecular weight excluding hydrogens is 347 g/mol. The molecule has 0 aliphatic carbocycles. The first-order valence-electron chi connectivity index (χ1n) is 7.18. The van der Waals surface area contributed by atoms with Gasteiger partial charge in [0.05, 0.1) is 11.2 Å². The van der Waals surface area contributed by atoms with E-state index in [1.54, 1.807) is 24.3 Å². The van der Waals surface area contributed by atoms with Crippen molar-refractivity contribution in [3.05, 3.63) is 76.3 Å². The molecule has 0 aliphatic rings. The van der Waals surface area contributed by atoms with Crippen molar-refractivity contribution in [3.8, 4) is 5.75 Å². The summed E-state index contributed by atoms with van der Waals surface area (Å²) in [4.78, 5) is 11.8. The highest BCUT2D eigenvalue weighted by Crippen LogP contribution is 2.19. The van der Waals surface area contributed by atoms with Gasteiger partial charge in [0.1, 0.15) is 5.75 Å². The van der Waals surface area contributed by atoms with Gasteiger partial charge in [-0.1, -0.05) is 53.5 Å². The van der Waals surface area contributed by atoms with Crippen LogP contribution in [0.1, 0.15) is 11.1 Å². The maximum absolute atomic E-state index is 11.8. The summed E-state index contributed by atoms with van der Waals surface area (Å²) < 4.78 is 5.52. The Bertz CT molecular complexity index is 760. The van der Waals surface area contributed by atoms with Gasteiger partial charge < -0.3 is 4.74 Å². The number of amides is 1. The van der Waals surface area contributed by atoms with Crippen LogP contribution in [0.5, 0.6) is 5.75 Å². The monoisotopic (exact) mass is 362 g/mol. The number of halogens is 2. The van der Waals surface area contributed by atoms with Crippen molar-refractivity contribution in [2.24, 2.45) is 5.10 Å². The molecule has 0 saturated heterocycles. The van der Waals surface area contributed by atoms with Crippen molar-refractivity contribution < 1.29 is 9.53 Å². The summed E-state index contributed by atoms with van der Waals surface area (Å²) in [5, 5.41) is 4.84. The summed E-state index contributed by atoms with van der Waals surface area (Å²) in [5.74, 6) is 0.280. The number of nitrogens with one attached hydrogen (secondary N) is 1. The van der Waals surface area contributed by atoms with Crippen LogP contribution in [0.2, 0.25) is 10.0 Å². The molecule has 2 aromatic rings. The van der Waals surface area contributed by atoms with Gasteiger partial charge in [-0.15, -0.1) is 6.58 Å². The van der Waals surface area contributed by atoms with Gasteiger partial charge in [-0.2, -0.15) is 5.10 Å². The number of hydrogen-bond donors (Lipinski definition) is 1. The number of benzene rings is 2. The van der Waals surface area contributed by atoms with Crippen molar-refractivity contribution in [2.45, 2.75) is 6.42 Å². The summed E-state index contributed by atoms with van der Waals surface area (Å²) in [6.45, 7) is 3.56. The highest BCUT2D eigenvalue weighted by Gasteiger charge is 2.05. The number of para-hydroxylation sites is 1. The largest absolute Gasteiger partial charge is 0.483 e. The predicted molar refractivity (Wildman–Crippen MR) is 98.0 cm³/mol. The van der Waals surface area contributed by atoms with Gasteiger partial charge in [-0.05, 0) is 30.2 Å². The number of hydrazone groups is 1. The Balaban J connectivity index is 1.87. The fourth-order valence-electron chi connectivity index (χ4n) is 1.92. The van der Waals surface area contributed by atoms with Gasteiger partial charge in [-0.25, -0.2) is 5.43 Å². The maximum Gasteiger partial charge on any atom is 0.277 e. The molecule has 0 unspecified atom stereocenters. The van der Waals surface area contributed by atoms with Gasteiger partial charge in [0.15, 0.2) is 6.61 Å². The van der Waals surface area contributed by atoms with E-state index in [2.05, 4.69) is 17.1 Å². The third-order valence-electron chi connectivity index (χ3n) is 3.05. The number of carbonyl (C=O) groups is 1. The van der Waals surface area contributed by atoms with E-state index < -0.39 is 0 Å². The van der Waals surface area contributed by atoms with Crippen LogP contribution in [0.15, 0.2) is 60.2 Å². The van der Waals surface area contributed by atoms with Crippen molar-refractivity contribution >= 4 is 35.3 Å². The van der Waals surface area contributed by atoms with Gasteiger partial charge in [0, 0.05) is 10.6 Å². The fraction of sp³-hybridized carbons (Fsp3) is 0.111. The average molecular weight is 363 g/mol. The lowest BCUT2D eigenvalue weighted by atomic mass is 10.1. The van der Waals surface area contributed by atoms with E-state index in [0.717, 1.165) is 5.56 Å². The van der Waals surface area contributed by atoms with Crippen molar-refractivity contribution in [3.63, 3.8) is 0 Å². The number of ether oxygens (including phenoxy) is 1. The molecule has 0 bridgehead atoms. The highest BCUT2D eigenvalue weighted by molar-refractivity contribution is 6.36. The summed E-state index contributed by atoms with van der Waals surface area (Å²) in [6, 6.07) is 12.5. The second kappa shape index (κ2) is 9.11. The molecule has 0 spiro atoms. The lowest BCUT2D eigenvalue weighted by Crippen LogP contribution is -2.24. The smallest absolute Gasteiger partial charge is 0.277 e. The number of allylic oxidation sites excluding steroid dienone is 1. The Kier molecular flexibility index (Phi) is 6.85. The van der Waals surface area contributed by atoms with Gasteiger partial charge in [0.25, 0.3) is 5.91 Å². The summed E-state index contributed by atoms with van der Waals surface area (Å²) in [6.07, 6.45) is 3.90.